The lowest BCUT2D eigenvalue weighted by Crippen LogP contribution is -2.38. The molecule has 4 rings (SSSR count). The van der Waals surface area contributed by atoms with E-state index < -0.39 is 0 Å². The predicted molar refractivity (Wildman–Crippen MR) is 107 cm³/mol. The Morgan fingerprint density at radius 2 is 2.00 bits per heavy atom. The van der Waals surface area contributed by atoms with Gasteiger partial charge in [-0.25, -0.2) is 0 Å². The largest absolute Gasteiger partial charge is 0.486 e. The molecule has 0 aromatic heterocycles. The number of para-hydroxylation sites is 1. The lowest BCUT2D eigenvalue weighted by atomic mass is 9.66. The van der Waals surface area contributed by atoms with Gasteiger partial charge in [0.25, 0.3) is 5.91 Å². The van der Waals surface area contributed by atoms with Gasteiger partial charge in [-0.1, -0.05) is 33.3 Å². The summed E-state index contributed by atoms with van der Waals surface area (Å²) in [4.78, 5) is 18.7. The molecule has 0 unspecified atom stereocenters. The van der Waals surface area contributed by atoms with E-state index in [4.69, 9.17) is 14.3 Å². The fourth-order valence-electron chi connectivity index (χ4n) is 4.38. The third-order valence-electron chi connectivity index (χ3n) is 6.68. The standard InChI is InChI=1S/C22H30N2O4/c1-4-21(2,3)15-8-10-22(11-9-15)14-17(24-28-22)20(25)23-16-6-5-7-18-19(16)27-13-12-26-18/h5-7,14-15,24H,4,8-13H2,1-3H3,(H,23,25). The van der Waals surface area contributed by atoms with Gasteiger partial charge in [0.2, 0.25) is 0 Å². The van der Waals surface area contributed by atoms with Crippen molar-refractivity contribution in [1.82, 2.24) is 5.48 Å². The highest BCUT2D eigenvalue weighted by Gasteiger charge is 2.43. The van der Waals surface area contributed by atoms with E-state index in [-0.39, 0.29) is 11.5 Å². The molecule has 1 aliphatic carbocycles. The Kier molecular flexibility index (Phi) is 5.00. The van der Waals surface area contributed by atoms with Gasteiger partial charge in [-0.3, -0.25) is 15.1 Å². The number of anilines is 1. The molecule has 152 valence electrons. The Balaban J connectivity index is 1.43. The quantitative estimate of drug-likeness (QED) is 0.812. The molecule has 2 aliphatic heterocycles. The summed E-state index contributed by atoms with van der Waals surface area (Å²) in [6, 6.07) is 5.50. The number of amides is 1. The highest BCUT2D eigenvalue weighted by Crippen LogP contribution is 2.46. The van der Waals surface area contributed by atoms with Crippen molar-refractivity contribution in [2.24, 2.45) is 11.3 Å². The number of ether oxygens (including phenoxy) is 2. The number of hydroxylamine groups is 1. The van der Waals surface area contributed by atoms with Crippen LogP contribution in [0.15, 0.2) is 30.0 Å². The van der Waals surface area contributed by atoms with Gasteiger partial charge in [0.05, 0.1) is 5.69 Å². The molecule has 0 atom stereocenters. The van der Waals surface area contributed by atoms with Crippen LogP contribution < -0.4 is 20.3 Å². The predicted octanol–water partition coefficient (Wildman–Crippen LogP) is 4.18. The number of rotatable bonds is 4. The maximum Gasteiger partial charge on any atom is 0.273 e. The molecule has 1 amide bonds. The highest BCUT2D eigenvalue weighted by atomic mass is 16.7. The first-order valence-corrected chi connectivity index (χ1v) is 10.3. The van der Waals surface area contributed by atoms with Gasteiger partial charge in [-0.05, 0) is 55.2 Å². The summed E-state index contributed by atoms with van der Waals surface area (Å²) < 4.78 is 11.2. The van der Waals surface area contributed by atoms with Gasteiger partial charge in [-0.15, -0.1) is 0 Å². The molecule has 1 aromatic rings. The first kappa shape index (κ1) is 19.1. The molecule has 28 heavy (non-hydrogen) atoms. The minimum absolute atomic E-state index is 0.226. The minimum atomic E-state index is -0.372. The molecule has 1 saturated carbocycles. The maximum atomic E-state index is 12.8. The average molecular weight is 386 g/mol. The number of benzene rings is 1. The van der Waals surface area contributed by atoms with E-state index in [2.05, 4.69) is 31.6 Å². The van der Waals surface area contributed by atoms with Gasteiger partial charge in [0, 0.05) is 0 Å². The van der Waals surface area contributed by atoms with Crippen molar-refractivity contribution < 1.29 is 19.1 Å². The molecule has 6 heteroatoms. The molecule has 6 nitrogen and oxygen atoms in total. The van der Waals surface area contributed by atoms with Crippen LogP contribution in [0, 0.1) is 11.3 Å². The normalized spacial score (nSPS) is 26.5. The summed E-state index contributed by atoms with van der Waals surface area (Å²) in [6.45, 7) is 7.96. The summed E-state index contributed by atoms with van der Waals surface area (Å²) >= 11 is 0. The van der Waals surface area contributed by atoms with Gasteiger partial charge in [0.15, 0.2) is 11.5 Å². The average Bonchev–Trinajstić information content (AvgIpc) is 3.12. The van der Waals surface area contributed by atoms with Gasteiger partial charge < -0.3 is 14.8 Å². The molecular formula is C22H30N2O4. The van der Waals surface area contributed by atoms with Crippen LogP contribution >= 0.6 is 0 Å². The van der Waals surface area contributed by atoms with E-state index >= 15 is 0 Å². The van der Waals surface area contributed by atoms with Crippen molar-refractivity contribution >= 4 is 11.6 Å². The Hall–Kier alpha value is -2.21. The Labute approximate surface area is 166 Å². The summed E-state index contributed by atoms with van der Waals surface area (Å²) in [6.07, 6.45) is 7.24. The second kappa shape index (κ2) is 7.32. The third-order valence-corrected chi connectivity index (χ3v) is 6.68. The van der Waals surface area contributed by atoms with Crippen molar-refractivity contribution in [2.75, 3.05) is 18.5 Å². The van der Waals surface area contributed by atoms with Crippen molar-refractivity contribution in [3.05, 3.63) is 30.0 Å². The lowest BCUT2D eigenvalue weighted by Gasteiger charge is -2.41. The van der Waals surface area contributed by atoms with E-state index in [1.54, 1.807) is 0 Å². The number of carbonyl (C=O) groups excluding carboxylic acids is 1. The van der Waals surface area contributed by atoms with Gasteiger partial charge in [-0.2, -0.15) is 0 Å². The molecule has 1 aromatic carbocycles. The monoisotopic (exact) mass is 386 g/mol. The smallest absolute Gasteiger partial charge is 0.273 e. The van der Waals surface area contributed by atoms with E-state index in [1.165, 1.54) is 6.42 Å². The summed E-state index contributed by atoms with van der Waals surface area (Å²) in [7, 11) is 0. The first-order chi connectivity index (χ1) is 13.4. The Bertz CT molecular complexity index is 779. The lowest BCUT2D eigenvalue weighted by molar-refractivity contribution is -0.115. The zero-order valence-corrected chi connectivity index (χ0v) is 17.0. The van der Waals surface area contributed by atoms with E-state index in [0.29, 0.717) is 47.4 Å². The molecule has 0 bridgehead atoms. The van der Waals surface area contributed by atoms with Crippen LogP contribution in [0.3, 0.4) is 0 Å². The van der Waals surface area contributed by atoms with Crippen LogP contribution in [0.4, 0.5) is 5.69 Å². The van der Waals surface area contributed by atoms with Gasteiger partial charge >= 0.3 is 0 Å². The van der Waals surface area contributed by atoms with Crippen molar-refractivity contribution in [1.29, 1.82) is 0 Å². The Morgan fingerprint density at radius 1 is 1.25 bits per heavy atom. The zero-order chi connectivity index (χ0) is 19.8. The van der Waals surface area contributed by atoms with Crippen molar-refractivity contribution in [3.63, 3.8) is 0 Å². The summed E-state index contributed by atoms with van der Waals surface area (Å²) in [5.41, 5.74) is 3.91. The van der Waals surface area contributed by atoms with Crippen LogP contribution in [0.2, 0.25) is 0 Å². The van der Waals surface area contributed by atoms with Crippen molar-refractivity contribution in [2.45, 2.75) is 58.5 Å². The molecular weight excluding hydrogens is 356 g/mol. The zero-order valence-electron chi connectivity index (χ0n) is 17.0. The Morgan fingerprint density at radius 3 is 2.75 bits per heavy atom. The fraction of sp³-hybridized carbons (Fsp3) is 0.591. The summed E-state index contributed by atoms with van der Waals surface area (Å²) in [5, 5.41) is 2.92. The van der Waals surface area contributed by atoms with Crippen LogP contribution in [0.1, 0.15) is 52.9 Å². The molecule has 2 N–H and O–H groups in total. The molecule has 0 radical (unpaired) electrons. The SMILES string of the molecule is CCC(C)(C)C1CCC2(C=C(C(=O)Nc3cccc4c3OCCO4)NO2)CC1. The number of hydrogen-bond donors (Lipinski definition) is 2. The number of nitrogens with one attached hydrogen (secondary N) is 2. The van der Waals surface area contributed by atoms with Gasteiger partial charge in [0.1, 0.15) is 24.5 Å². The van der Waals surface area contributed by atoms with E-state index in [1.807, 2.05) is 24.3 Å². The van der Waals surface area contributed by atoms with E-state index in [9.17, 15) is 4.79 Å². The topological polar surface area (TPSA) is 68.8 Å². The molecule has 2 heterocycles. The number of hydrogen-bond acceptors (Lipinski definition) is 5. The first-order valence-electron chi connectivity index (χ1n) is 10.3. The van der Waals surface area contributed by atoms with E-state index in [0.717, 1.165) is 25.7 Å². The number of fused-ring (bicyclic) bond motifs is 1. The second-order valence-electron chi connectivity index (χ2n) is 8.73. The molecule has 1 fully saturated rings. The second-order valence-corrected chi connectivity index (χ2v) is 8.73. The van der Waals surface area contributed by atoms with Crippen LogP contribution in [0.25, 0.3) is 0 Å². The fourth-order valence-corrected chi connectivity index (χ4v) is 4.38. The highest BCUT2D eigenvalue weighted by molar-refractivity contribution is 6.04. The maximum absolute atomic E-state index is 12.8. The van der Waals surface area contributed by atoms with Crippen LogP contribution in [-0.2, 0) is 9.63 Å². The molecule has 0 saturated heterocycles. The molecule has 1 spiro atoms. The van der Waals surface area contributed by atoms with Crippen LogP contribution in [-0.4, -0.2) is 24.7 Å². The minimum Gasteiger partial charge on any atom is -0.486 e. The summed E-state index contributed by atoms with van der Waals surface area (Å²) in [5.74, 6) is 1.71. The molecule has 3 aliphatic rings. The number of carbonyl (C=O) groups is 1. The third kappa shape index (κ3) is 3.58. The van der Waals surface area contributed by atoms with Crippen molar-refractivity contribution in [3.8, 4) is 11.5 Å². The van der Waals surface area contributed by atoms with Crippen LogP contribution in [0.5, 0.6) is 11.5 Å².